The van der Waals surface area contributed by atoms with Gasteiger partial charge in [-0.3, -0.25) is 4.90 Å². The minimum Gasteiger partial charge on any atom is -0.312 e. The van der Waals surface area contributed by atoms with E-state index in [1.165, 1.54) is 19.5 Å². The Morgan fingerprint density at radius 2 is 1.71 bits per heavy atom. The van der Waals surface area contributed by atoms with Gasteiger partial charge >= 0.3 is 0 Å². The van der Waals surface area contributed by atoms with Crippen LogP contribution in [0.4, 0.5) is 0 Å². The molecular weight excluding hydrogens is 208 g/mol. The molecule has 102 valence electrons. The Hall–Kier alpha value is -0.0800. The number of nitrogens with zero attached hydrogens (tertiary/aromatic N) is 1. The molecule has 1 saturated heterocycles. The molecule has 1 rings (SSSR count). The third-order valence-corrected chi connectivity index (χ3v) is 4.00. The lowest BCUT2D eigenvalue weighted by atomic mass is 9.85. The van der Waals surface area contributed by atoms with Crippen LogP contribution in [0.2, 0.25) is 0 Å². The summed E-state index contributed by atoms with van der Waals surface area (Å²) in [5.74, 6) is 2.41. The smallest absolute Gasteiger partial charge is 0.0198 e. The Balaban J connectivity index is 2.52. The maximum atomic E-state index is 3.75. The highest BCUT2D eigenvalue weighted by molar-refractivity contribution is 4.86. The van der Waals surface area contributed by atoms with Crippen molar-refractivity contribution in [3.63, 3.8) is 0 Å². The molecule has 1 N–H and O–H groups in total. The lowest BCUT2D eigenvalue weighted by molar-refractivity contribution is 0.0895. The molecule has 0 bridgehead atoms. The van der Waals surface area contributed by atoms with Gasteiger partial charge in [-0.05, 0) is 44.6 Å². The number of nitrogens with one attached hydrogen (secondary N) is 1. The van der Waals surface area contributed by atoms with E-state index in [0.717, 1.165) is 24.3 Å². The topological polar surface area (TPSA) is 15.3 Å². The summed E-state index contributed by atoms with van der Waals surface area (Å²) in [6.45, 7) is 17.6. The maximum absolute atomic E-state index is 3.75. The lowest BCUT2D eigenvalue weighted by Gasteiger charge is -2.42. The van der Waals surface area contributed by atoms with Crippen molar-refractivity contribution < 1.29 is 0 Å². The molecule has 0 aromatic heterocycles. The average Bonchev–Trinajstić information content (AvgIpc) is 2.25. The number of likely N-dealkylation sites (tertiary alicyclic amines) is 1. The lowest BCUT2D eigenvalue weighted by Crippen LogP contribution is -2.52. The fourth-order valence-corrected chi connectivity index (χ4v) is 2.63. The molecule has 2 unspecified atom stereocenters. The number of hydrogen-bond donors (Lipinski definition) is 1. The summed E-state index contributed by atoms with van der Waals surface area (Å²) in [6, 6.07) is 1.38. The molecule has 1 heterocycles. The third kappa shape index (κ3) is 4.97. The maximum Gasteiger partial charge on any atom is 0.0198 e. The van der Waals surface area contributed by atoms with E-state index in [1.807, 2.05) is 0 Å². The van der Waals surface area contributed by atoms with Gasteiger partial charge in [0, 0.05) is 25.2 Å². The molecule has 0 saturated carbocycles. The highest BCUT2D eigenvalue weighted by Gasteiger charge is 2.29. The zero-order valence-corrected chi connectivity index (χ0v) is 12.7. The first-order chi connectivity index (χ1) is 7.90. The molecule has 2 heteroatoms. The summed E-state index contributed by atoms with van der Waals surface area (Å²) in [6.07, 6.45) is 1.35. The van der Waals surface area contributed by atoms with Crippen LogP contribution >= 0.6 is 0 Å². The van der Waals surface area contributed by atoms with E-state index in [9.17, 15) is 0 Å². The molecule has 1 aliphatic rings. The first kappa shape index (κ1) is 15.0. The molecule has 0 amide bonds. The van der Waals surface area contributed by atoms with E-state index in [-0.39, 0.29) is 0 Å². The Kier molecular flexibility index (Phi) is 5.94. The quantitative estimate of drug-likeness (QED) is 0.795. The zero-order chi connectivity index (χ0) is 13.0. The molecule has 0 radical (unpaired) electrons. The van der Waals surface area contributed by atoms with Crippen molar-refractivity contribution in [1.29, 1.82) is 0 Å². The predicted molar refractivity (Wildman–Crippen MR) is 76.3 cm³/mol. The van der Waals surface area contributed by atoms with E-state index >= 15 is 0 Å². The Bertz CT molecular complexity index is 195. The van der Waals surface area contributed by atoms with E-state index in [0.29, 0.717) is 12.1 Å². The minimum atomic E-state index is 0.680. The molecule has 0 spiro atoms. The Morgan fingerprint density at radius 1 is 1.06 bits per heavy atom. The van der Waals surface area contributed by atoms with E-state index in [1.54, 1.807) is 0 Å². The fourth-order valence-electron chi connectivity index (χ4n) is 2.63. The molecule has 0 aromatic rings. The van der Waals surface area contributed by atoms with Gasteiger partial charge in [-0.15, -0.1) is 0 Å². The fraction of sp³-hybridized carbons (Fsp3) is 1.00. The van der Waals surface area contributed by atoms with Crippen LogP contribution in [0.3, 0.4) is 0 Å². The minimum absolute atomic E-state index is 0.680. The van der Waals surface area contributed by atoms with E-state index in [4.69, 9.17) is 0 Å². The van der Waals surface area contributed by atoms with Gasteiger partial charge in [-0.1, -0.05) is 27.7 Å². The number of hydrogen-bond acceptors (Lipinski definition) is 2. The van der Waals surface area contributed by atoms with Crippen molar-refractivity contribution in [2.75, 3.05) is 19.6 Å². The van der Waals surface area contributed by atoms with Crippen molar-refractivity contribution in [1.82, 2.24) is 10.2 Å². The molecule has 2 atom stereocenters. The van der Waals surface area contributed by atoms with Crippen LogP contribution in [-0.4, -0.2) is 36.6 Å². The normalized spacial score (nSPS) is 27.4. The van der Waals surface area contributed by atoms with Gasteiger partial charge in [0.2, 0.25) is 0 Å². The van der Waals surface area contributed by atoms with Crippen LogP contribution in [0.1, 0.15) is 48.0 Å². The van der Waals surface area contributed by atoms with Crippen molar-refractivity contribution in [3.05, 3.63) is 0 Å². The first-order valence-electron chi connectivity index (χ1n) is 7.37. The molecule has 1 fully saturated rings. The molecule has 2 nitrogen and oxygen atoms in total. The monoisotopic (exact) mass is 240 g/mol. The summed E-state index contributed by atoms with van der Waals surface area (Å²) in [5.41, 5.74) is 0. The molecular formula is C15H32N2. The SMILES string of the molecule is CC(C)CNC1CC(C(C)C)CN(C(C)C)C1. The van der Waals surface area contributed by atoms with Crippen LogP contribution in [0, 0.1) is 17.8 Å². The average molecular weight is 240 g/mol. The molecule has 0 aliphatic carbocycles. The van der Waals surface area contributed by atoms with Gasteiger partial charge in [0.25, 0.3) is 0 Å². The first-order valence-corrected chi connectivity index (χ1v) is 7.37. The van der Waals surface area contributed by atoms with E-state index in [2.05, 4.69) is 51.8 Å². The van der Waals surface area contributed by atoms with Gasteiger partial charge in [-0.2, -0.15) is 0 Å². The largest absolute Gasteiger partial charge is 0.312 e. The van der Waals surface area contributed by atoms with Crippen LogP contribution in [0.15, 0.2) is 0 Å². The third-order valence-electron chi connectivity index (χ3n) is 4.00. The van der Waals surface area contributed by atoms with Gasteiger partial charge < -0.3 is 5.32 Å². The van der Waals surface area contributed by atoms with Crippen LogP contribution in [-0.2, 0) is 0 Å². The second-order valence-electron chi connectivity index (χ2n) is 6.79. The van der Waals surface area contributed by atoms with Crippen LogP contribution in [0.5, 0.6) is 0 Å². The summed E-state index contributed by atoms with van der Waals surface area (Å²) in [4.78, 5) is 2.64. The standard InChI is InChI=1S/C15H32N2/c1-11(2)8-16-15-7-14(12(3)4)9-17(10-15)13(5)6/h11-16H,7-10H2,1-6H3. The van der Waals surface area contributed by atoms with Gasteiger partial charge in [0.15, 0.2) is 0 Å². The van der Waals surface area contributed by atoms with Crippen molar-refractivity contribution in [2.45, 2.75) is 60.0 Å². The van der Waals surface area contributed by atoms with Crippen molar-refractivity contribution >= 4 is 0 Å². The number of rotatable bonds is 5. The Morgan fingerprint density at radius 3 is 2.18 bits per heavy atom. The summed E-state index contributed by atoms with van der Waals surface area (Å²) in [5, 5.41) is 3.75. The summed E-state index contributed by atoms with van der Waals surface area (Å²) >= 11 is 0. The zero-order valence-electron chi connectivity index (χ0n) is 12.7. The van der Waals surface area contributed by atoms with E-state index < -0.39 is 0 Å². The second kappa shape index (κ2) is 6.75. The highest BCUT2D eigenvalue weighted by Crippen LogP contribution is 2.25. The van der Waals surface area contributed by atoms with Gasteiger partial charge in [0.1, 0.15) is 0 Å². The van der Waals surface area contributed by atoms with Gasteiger partial charge in [-0.25, -0.2) is 0 Å². The number of piperidine rings is 1. The molecule has 0 aromatic carbocycles. The molecule has 17 heavy (non-hydrogen) atoms. The van der Waals surface area contributed by atoms with Gasteiger partial charge in [0.05, 0.1) is 0 Å². The van der Waals surface area contributed by atoms with Crippen molar-refractivity contribution in [3.8, 4) is 0 Å². The summed E-state index contributed by atoms with van der Waals surface area (Å²) in [7, 11) is 0. The highest BCUT2D eigenvalue weighted by atomic mass is 15.2. The van der Waals surface area contributed by atoms with Crippen molar-refractivity contribution in [2.24, 2.45) is 17.8 Å². The predicted octanol–water partition coefficient (Wildman–Crippen LogP) is 2.99. The van der Waals surface area contributed by atoms with Crippen LogP contribution in [0.25, 0.3) is 0 Å². The second-order valence-corrected chi connectivity index (χ2v) is 6.79. The van der Waals surface area contributed by atoms with Crippen LogP contribution < -0.4 is 5.32 Å². The Labute approximate surface area is 108 Å². The molecule has 1 aliphatic heterocycles. The summed E-state index contributed by atoms with van der Waals surface area (Å²) < 4.78 is 0.